The number of anilines is 1. The molecule has 5 nitrogen and oxygen atoms in total. The molecule has 0 spiro atoms. The lowest BCUT2D eigenvalue weighted by Gasteiger charge is -2.25. The van der Waals surface area contributed by atoms with Crippen LogP contribution in [0.15, 0.2) is 53.6 Å². The molecular weight excluding hydrogens is 322 g/mol. The number of fused-ring (bicyclic) bond motifs is 1. The molecule has 0 radical (unpaired) electrons. The number of pyridine rings is 1. The van der Waals surface area contributed by atoms with Gasteiger partial charge in [0.2, 0.25) is 11.8 Å². The fraction of sp³-hybridized carbons (Fsp3) is 0.278. The van der Waals surface area contributed by atoms with Crippen molar-refractivity contribution >= 4 is 29.3 Å². The molecule has 1 unspecified atom stereocenters. The van der Waals surface area contributed by atoms with Crippen molar-refractivity contribution in [2.75, 3.05) is 18.9 Å². The lowest BCUT2D eigenvalue weighted by Crippen LogP contribution is -2.36. The number of hydrogen-bond acceptors (Lipinski definition) is 4. The molecule has 1 aliphatic heterocycles. The smallest absolute Gasteiger partial charge is 0.238 e. The first kappa shape index (κ1) is 16.5. The van der Waals surface area contributed by atoms with Gasteiger partial charge in [-0.2, -0.15) is 0 Å². The van der Waals surface area contributed by atoms with E-state index in [0.717, 1.165) is 16.3 Å². The van der Waals surface area contributed by atoms with E-state index in [1.165, 1.54) is 11.8 Å². The SMILES string of the molecule is CN(CCc1ccccn1)C(=O)CC1Sc2ccccc2NC1=O. The molecule has 0 aliphatic carbocycles. The van der Waals surface area contributed by atoms with Crippen LogP contribution in [-0.2, 0) is 16.0 Å². The molecule has 0 saturated heterocycles. The molecular formula is C18H19N3O2S. The summed E-state index contributed by atoms with van der Waals surface area (Å²) in [7, 11) is 1.77. The molecule has 1 aliphatic rings. The number of carbonyl (C=O) groups is 2. The van der Waals surface area contributed by atoms with Gasteiger partial charge in [0.15, 0.2) is 0 Å². The Kier molecular flexibility index (Phi) is 5.15. The van der Waals surface area contributed by atoms with Crippen molar-refractivity contribution in [1.82, 2.24) is 9.88 Å². The standard InChI is InChI=1S/C18H19N3O2S/c1-21(11-9-13-6-4-5-10-19-13)17(22)12-16-18(23)20-14-7-2-3-8-15(14)24-16/h2-8,10,16H,9,11-12H2,1H3,(H,20,23). The zero-order valence-electron chi connectivity index (χ0n) is 13.4. The molecule has 0 fully saturated rings. The number of thioether (sulfide) groups is 1. The van der Waals surface area contributed by atoms with Gasteiger partial charge in [-0.25, -0.2) is 0 Å². The number of carbonyl (C=O) groups excluding carboxylic acids is 2. The summed E-state index contributed by atoms with van der Waals surface area (Å²) in [6.45, 7) is 0.589. The third kappa shape index (κ3) is 3.94. The molecule has 6 heteroatoms. The lowest BCUT2D eigenvalue weighted by atomic mass is 10.2. The van der Waals surface area contributed by atoms with Gasteiger partial charge in [-0.3, -0.25) is 14.6 Å². The maximum atomic E-state index is 12.4. The molecule has 1 N–H and O–H groups in total. The van der Waals surface area contributed by atoms with Gasteiger partial charge >= 0.3 is 0 Å². The second-order valence-electron chi connectivity index (χ2n) is 5.68. The number of benzene rings is 1. The van der Waals surface area contributed by atoms with Crippen molar-refractivity contribution < 1.29 is 9.59 Å². The van der Waals surface area contributed by atoms with Crippen molar-refractivity contribution in [1.29, 1.82) is 0 Å². The molecule has 0 saturated carbocycles. The fourth-order valence-corrected chi connectivity index (χ4v) is 3.60. The molecule has 2 amide bonds. The average Bonchev–Trinajstić information content (AvgIpc) is 2.61. The van der Waals surface area contributed by atoms with Gasteiger partial charge < -0.3 is 10.2 Å². The van der Waals surface area contributed by atoms with E-state index in [0.29, 0.717) is 13.0 Å². The summed E-state index contributed by atoms with van der Waals surface area (Å²) >= 11 is 1.45. The molecule has 124 valence electrons. The summed E-state index contributed by atoms with van der Waals surface area (Å²) in [5, 5.41) is 2.49. The Morgan fingerprint density at radius 1 is 1.25 bits per heavy atom. The van der Waals surface area contributed by atoms with Gasteiger partial charge in [-0.1, -0.05) is 18.2 Å². The number of nitrogens with zero attached hydrogens (tertiary/aromatic N) is 2. The van der Waals surface area contributed by atoms with Crippen molar-refractivity contribution in [2.45, 2.75) is 23.0 Å². The fourth-order valence-electron chi connectivity index (χ4n) is 2.49. The summed E-state index contributed by atoms with van der Waals surface area (Å²) < 4.78 is 0. The highest BCUT2D eigenvalue weighted by Crippen LogP contribution is 2.36. The number of aromatic nitrogens is 1. The second-order valence-corrected chi connectivity index (χ2v) is 6.93. The highest BCUT2D eigenvalue weighted by Gasteiger charge is 2.29. The average molecular weight is 341 g/mol. The monoisotopic (exact) mass is 341 g/mol. The third-order valence-electron chi connectivity index (χ3n) is 3.92. The molecule has 2 aromatic rings. The van der Waals surface area contributed by atoms with Crippen LogP contribution in [0.25, 0.3) is 0 Å². The number of rotatable bonds is 5. The second kappa shape index (κ2) is 7.49. The summed E-state index contributed by atoms with van der Waals surface area (Å²) in [6, 6.07) is 13.4. The summed E-state index contributed by atoms with van der Waals surface area (Å²) in [5.41, 5.74) is 1.77. The van der Waals surface area contributed by atoms with Crippen molar-refractivity contribution in [3.8, 4) is 0 Å². The maximum absolute atomic E-state index is 12.4. The van der Waals surface area contributed by atoms with Crippen LogP contribution < -0.4 is 5.32 Å². The highest BCUT2D eigenvalue weighted by atomic mass is 32.2. The summed E-state index contributed by atoms with van der Waals surface area (Å²) in [6.07, 6.45) is 2.65. The van der Waals surface area contributed by atoms with E-state index in [2.05, 4.69) is 10.3 Å². The Hall–Kier alpha value is -2.34. The first-order valence-corrected chi connectivity index (χ1v) is 8.72. The molecule has 3 rings (SSSR count). The molecule has 1 aromatic heterocycles. The van der Waals surface area contributed by atoms with Gasteiger partial charge in [0.25, 0.3) is 0 Å². The van der Waals surface area contributed by atoms with E-state index >= 15 is 0 Å². The van der Waals surface area contributed by atoms with E-state index in [4.69, 9.17) is 0 Å². The predicted molar refractivity (Wildman–Crippen MR) is 94.9 cm³/mol. The van der Waals surface area contributed by atoms with E-state index in [9.17, 15) is 9.59 Å². The Balaban J connectivity index is 1.55. The zero-order chi connectivity index (χ0) is 16.9. The van der Waals surface area contributed by atoms with Crippen molar-refractivity contribution in [2.24, 2.45) is 0 Å². The minimum atomic E-state index is -0.385. The normalized spacial score (nSPS) is 16.2. The molecule has 1 aromatic carbocycles. The topological polar surface area (TPSA) is 62.3 Å². The number of amides is 2. The molecule has 0 bridgehead atoms. The van der Waals surface area contributed by atoms with Gasteiger partial charge in [0.05, 0.1) is 10.9 Å². The Labute approximate surface area is 145 Å². The quantitative estimate of drug-likeness (QED) is 0.908. The van der Waals surface area contributed by atoms with Crippen LogP contribution in [0.3, 0.4) is 0 Å². The van der Waals surface area contributed by atoms with Crippen LogP contribution in [0.5, 0.6) is 0 Å². The Morgan fingerprint density at radius 3 is 2.83 bits per heavy atom. The molecule has 24 heavy (non-hydrogen) atoms. The Bertz CT molecular complexity index is 736. The van der Waals surface area contributed by atoms with Gasteiger partial charge in [0.1, 0.15) is 0 Å². The van der Waals surface area contributed by atoms with E-state index < -0.39 is 0 Å². The van der Waals surface area contributed by atoms with Crippen molar-refractivity contribution in [3.05, 3.63) is 54.4 Å². The lowest BCUT2D eigenvalue weighted by molar-refractivity contribution is -0.131. The van der Waals surface area contributed by atoms with Crippen LogP contribution in [-0.4, -0.2) is 40.5 Å². The minimum absolute atomic E-state index is 0.0297. The van der Waals surface area contributed by atoms with Crippen LogP contribution in [0.2, 0.25) is 0 Å². The Morgan fingerprint density at radius 2 is 2.04 bits per heavy atom. The van der Waals surface area contributed by atoms with Crippen molar-refractivity contribution in [3.63, 3.8) is 0 Å². The number of likely N-dealkylation sites (N-methyl/N-ethyl adjacent to an activating group) is 1. The van der Waals surface area contributed by atoms with Crippen LogP contribution in [0.4, 0.5) is 5.69 Å². The summed E-state index contributed by atoms with van der Waals surface area (Å²) in [4.78, 5) is 31.5. The first-order valence-electron chi connectivity index (χ1n) is 7.84. The number of nitrogens with one attached hydrogen (secondary N) is 1. The van der Waals surface area contributed by atoms with Gasteiger partial charge in [0, 0.05) is 43.2 Å². The van der Waals surface area contributed by atoms with Crippen LogP contribution >= 0.6 is 11.8 Å². The number of hydrogen-bond donors (Lipinski definition) is 1. The largest absolute Gasteiger partial charge is 0.345 e. The minimum Gasteiger partial charge on any atom is -0.345 e. The predicted octanol–water partition coefficient (Wildman–Crippen LogP) is 2.59. The molecule has 2 heterocycles. The number of para-hydroxylation sites is 1. The maximum Gasteiger partial charge on any atom is 0.238 e. The van der Waals surface area contributed by atoms with Gasteiger partial charge in [-0.15, -0.1) is 11.8 Å². The van der Waals surface area contributed by atoms with Crippen LogP contribution in [0.1, 0.15) is 12.1 Å². The summed E-state index contributed by atoms with van der Waals surface area (Å²) in [5.74, 6) is -0.136. The highest BCUT2D eigenvalue weighted by molar-refractivity contribution is 8.01. The first-order chi connectivity index (χ1) is 11.6. The molecule has 1 atom stereocenters. The van der Waals surface area contributed by atoms with Gasteiger partial charge in [-0.05, 0) is 24.3 Å². The van der Waals surface area contributed by atoms with E-state index in [-0.39, 0.29) is 23.5 Å². The third-order valence-corrected chi connectivity index (χ3v) is 5.20. The van der Waals surface area contributed by atoms with E-state index in [1.807, 2.05) is 42.5 Å². The zero-order valence-corrected chi connectivity index (χ0v) is 14.3. The van der Waals surface area contributed by atoms with Crippen LogP contribution in [0, 0.1) is 0 Å². The van der Waals surface area contributed by atoms with E-state index in [1.54, 1.807) is 18.1 Å².